The molecule has 19 heteroatoms. The Hall–Kier alpha value is -2.46. The van der Waals surface area contributed by atoms with Gasteiger partial charge >= 0.3 is 39.5 Å². The number of unbranched alkanes of at least 4 members (excludes halogenated alkanes) is 34. The van der Waals surface area contributed by atoms with E-state index in [1.807, 2.05) is 0 Å². The molecular weight excluding hydrogens is 1210 g/mol. The number of rotatable bonds is 69. The summed E-state index contributed by atoms with van der Waals surface area (Å²) in [6.07, 6.45) is 50.9. The molecule has 0 spiro atoms. The highest BCUT2D eigenvalue weighted by Gasteiger charge is 2.30. The van der Waals surface area contributed by atoms with Gasteiger partial charge in [0.15, 0.2) is 12.2 Å². The van der Waals surface area contributed by atoms with Crippen LogP contribution in [0.15, 0.2) is 24.3 Å². The van der Waals surface area contributed by atoms with E-state index in [-0.39, 0.29) is 25.7 Å². The Morgan fingerprint density at radius 2 is 0.587 bits per heavy atom. The summed E-state index contributed by atoms with van der Waals surface area (Å²) < 4.78 is 68.3. The van der Waals surface area contributed by atoms with Gasteiger partial charge in [0, 0.05) is 25.7 Å². The Morgan fingerprint density at radius 3 is 0.880 bits per heavy atom. The van der Waals surface area contributed by atoms with Crippen LogP contribution < -0.4 is 0 Å². The molecule has 0 aromatic heterocycles. The Labute approximate surface area is 561 Å². The molecule has 0 aliphatic rings. The minimum absolute atomic E-state index is 0.0840. The summed E-state index contributed by atoms with van der Waals surface area (Å²) in [6.45, 7) is 11.7. The van der Waals surface area contributed by atoms with Crippen molar-refractivity contribution in [2.75, 3.05) is 39.6 Å². The van der Waals surface area contributed by atoms with Crippen molar-refractivity contribution in [3.63, 3.8) is 0 Å². The molecule has 0 aliphatic carbocycles. The standard InChI is InChI=1S/C73H138O17P2/c1-8-9-10-11-12-13-14-15-16-19-22-25-34-42-49-56-72(77)89-68(60-83-70(75)54-47-40-33-28-27-31-38-45-52-65(4)5)62-87-91(79,80)85-58-67(74)59-86-92(81,82)88-63-69(61-84-71(76)55-48-41-36-29-32-39-46-53-66(6)7)90-73(78)57-50-43-35-26-23-20-17-18-21-24-30-37-44-51-64(2)3/h13-16,64-69,74H,8-12,17-63H2,1-7H3,(H,79,80)(H,81,82)/b14-13-,16-15-/t67?,68-,69-/m1/s1. The molecular formula is C73H138O17P2. The maximum Gasteiger partial charge on any atom is 0.472 e. The van der Waals surface area contributed by atoms with E-state index in [0.717, 1.165) is 127 Å². The summed E-state index contributed by atoms with van der Waals surface area (Å²) in [6, 6.07) is 0. The Balaban J connectivity index is 5.28. The maximum absolute atomic E-state index is 13.0. The van der Waals surface area contributed by atoms with E-state index in [2.05, 4.69) is 72.8 Å². The van der Waals surface area contributed by atoms with Crippen molar-refractivity contribution in [3.05, 3.63) is 24.3 Å². The van der Waals surface area contributed by atoms with Gasteiger partial charge in [0.2, 0.25) is 0 Å². The molecule has 3 unspecified atom stereocenters. The Bertz CT molecular complexity index is 1890. The third-order valence-electron chi connectivity index (χ3n) is 16.3. The molecule has 92 heavy (non-hydrogen) atoms. The molecule has 0 rings (SSSR count). The summed E-state index contributed by atoms with van der Waals surface area (Å²) in [7, 11) is -9.92. The van der Waals surface area contributed by atoms with E-state index < -0.39 is 97.5 Å². The highest BCUT2D eigenvalue weighted by atomic mass is 31.2. The lowest BCUT2D eigenvalue weighted by atomic mass is 10.0. The quantitative estimate of drug-likeness (QED) is 0.0169. The molecule has 0 radical (unpaired) electrons. The number of carbonyl (C=O) groups excluding carboxylic acids is 4. The van der Waals surface area contributed by atoms with Crippen LogP contribution in [0.3, 0.4) is 0 Å². The van der Waals surface area contributed by atoms with Crippen LogP contribution in [0.5, 0.6) is 0 Å². The minimum atomic E-state index is -4.96. The van der Waals surface area contributed by atoms with Crippen molar-refractivity contribution < 1.29 is 80.2 Å². The van der Waals surface area contributed by atoms with E-state index in [9.17, 15) is 43.2 Å². The van der Waals surface area contributed by atoms with E-state index in [1.165, 1.54) is 128 Å². The topological polar surface area (TPSA) is 237 Å². The second-order valence-corrected chi connectivity index (χ2v) is 30.0. The van der Waals surface area contributed by atoms with Crippen LogP contribution >= 0.6 is 15.6 Å². The number of allylic oxidation sites excluding steroid dienone is 4. The average Bonchev–Trinajstić information content (AvgIpc) is 1.65. The maximum atomic E-state index is 13.0. The number of aliphatic hydroxyl groups is 1. The average molecular weight is 1350 g/mol. The predicted octanol–water partition coefficient (Wildman–Crippen LogP) is 20.6. The molecule has 0 heterocycles. The molecule has 0 saturated carbocycles. The van der Waals surface area contributed by atoms with Gasteiger partial charge in [-0.05, 0) is 69.1 Å². The van der Waals surface area contributed by atoms with Gasteiger partial charge in [0.05, 0.1) is 26.4 Å². The number of phosphoric acid groups is 2. The van der Waals surface area contributed by atoms with E-state index in [0.29, 0.717) is 31.6 Å². The lowest BCUT2D eigenvalue weighted by Crippen LogP contribution is -2.30. The van der Waals surface area contributed by atoms with Gasteiger partial charge in [0.1, 0.15) is 19.3 Å². The predicted molar refractivity (Wildman–Crippen MR) is 372 cm³/mol. The summed E-state index contributed by atoms with van der Waals surface area (Å²) >= 11 is 0. The van der Waals surface area contributed by atoms with Crippen molar-refractivity contribution in [2.24, 2.45) is 17.8 Å². The molecule has 0 aromatic rings. The monoisotopic (exact) mass is 1350 g/mol. The molecule has 0 saturated heterocycles. The molecule has 0 aliphatic heterocycles. The Kier molecular flexibility index (Phi) is 61.6. The smallest absolute Gasteiger partial charge is 0.462 e. The zero-order valence-corrected chi connectivity index (χ0v) is 61.3. The van der Waals surface area contributed by atoms with Gasteiger partial charge < -0.3 is 33.8 Å². The molecule has 5 atom stereocenters. The number of aliphatic hydroxyl groups excluding tert-OH is 1. The second kappa shape index (κ2) is 63.3. The van der Waals surface area contributed by atoms with Gasteiger partial charge in [-0.3, -0.25) is 37.3 Å². The number of ether oxygens (including phenoxy) is 4. The van der Waals surface area contributed by atoms with Gasteiger partial charge in [0.25, 0.3) is 0 Å². The van der Waals surface area contributed by atoms with Crippen molar-refractivity contribution in [1.29, 1.82) is 0 Å². The van der Waals surface area contributed by atoms with Crippen LogP contribution in [0.1, 0.15) is 344 Å². The normalized spacial score (nSPS) is 14.3. The molecule has 542 valence electrons. The fourth-order valence-electron chi connectivity index (χ4n) is 10.5. The largest absolute Gasteiger partial charge is 0.472 e. The van der Waals surface area contributed by atoms with Crippen LogP contribution in [0.25, 0.3) is 0 Å². The summed E-state index contributed by atoms with van der Waals surface area (Å²) in [4.78, 5) is 72.6. The molecule has 0 amide bonds. The zero-order chi connectivity index (χ0) is 68.0. The summed E-state index contributed by atoms with van der Waals surface area (Å²) in [5.41, 5.74) is 0. The fraction of sp³-hybridized carbons (Fsp3) is 0.890. The number of carbonyl (C=O) groups is 4. The second-order valence-electron chi connectivity index (χ2n) is 27.1. The number of hydrogen-bond donors (Lipinski definition) is 3. The molecule has 0 bridgehead atoms. The fourth-order valence-corrected chi connectivity index (χ4v) is 12.1. The van der Waals surface area contributed by atoms with Crippen molar-refractivity contribution in [3.8, 4) is 0 Å². The summed E-state index contributed by atoms with van der Waals surface area (Å²) in [5.74, 6) is 0.0574. The van der Waals surface area contributed by atoms with E-state index in [4.69, 9.17) is 37.0 Å². The van der Waals surface area contributed by atoms with Crippen LogP contribution in [0.4, 0.5) is 0 Å². The van der Waals surface area contributed by atoms with Crippen molar-refractivity contribution in [2.45, 2.75) is 362 Å². The van der Waals surface area contributed by atoms with Crippen LogP contribution in [0, 0.1) is 17.8 Å². The van der Waals surface area contributed by atoms with Crippen molar-refractivity contribution in [1.82, 2.24) is 0 Å². The molecule has 17 nitrogen and oxygen atoms in total. The van der Waals surface area contributed by atoms with E-state index >= 15 is 0 Å². The van der Waals surface area contributed by atoms with Crippen LogP contribution in [0.2, 0.25) is 0 Å². The number of phosphoric ester groups is 2. The first-order chi connectivity index (χ1) is 44.2. The highest BCUT2D eigenvalue weighted by Crippen LogP contribution is 2.45. The lowest BCUT2D eigenvalue weighted by molar-refractivity contribution is -0.161. The third-order valence-corrected chi connectivity index (χ3v) is 18.2. The first kappa shape index (κ1) is 89.5. The first-order valence-electron chi connectivity index (χ1n) is 37.2. The van der Waals surface area contributed by atoms with Gasteiger partial charge in [-0.15, -0.1) is 0 Å². The molecule has 0 fully saturated rings. The molecule has 3 N–H and O–H groups in total. The Morgan fingerprint density at radius 1 is 0.337 bits per heavy atom. The molecule has 0 aromatic carbocycles. The minimum Gasteiger partial charge on any atom is -0.462 e. The number of hydrogen-bond acceptors (Lipinski definition) is 15. The van der Waals surface area contributed by atoms with Crippen LogP contribution in [-0.2, 0) is 65.4 Å². The van der Waals surface area contributed by atoms with Gasteiger partial charge in [-0.2, -0.15) is 0 Å². The summed E-state index contributed by atoms with van der Waals surface area (Å²) in [5, 5.41) is 10.6. The van der Waals surface area contributed by atoms with E-state index in [1.54, 1.807) is 0 Å². The SMILES string of the molecule is CCCCCC/C=C\C=C/CCCCCCCC(=O)O[C@H](COC(=O)CCCCCCCCCCC(C)C)COP(=O)(O)OCC(O)COP(=O)(O)OC[C@@H](COC(=O)CCCCCCCCCC(C)C)OC(=O)CCCCCCCCCCCCCCCC(C)C. The number of esters is 4. The van der Waals surface area contributed by atoms with Crippen molar-refractivity contribution >= 4 is 39.5 Å². The van der Waals surface area contributed by atoms with Gasteiger partial charge in [-0.1, -0.05) is 291 Å². The lowest BCUT2D eigenvalue weighted by Gasteiger charge is -2.21. The van der Waals surface area contributed by atoms with Gasteiger partial charge in [-0.25, -0.2) is 9.13 Å². The first-order valence-corrected chi connectivity index (χ1v) is 40.2. The highest BCUT2D eigenvalue weighted by molar-refractivity contribution is 7.47. The van der Waals surface area contributed by atoms with Crippen LogP contribution in [-0.4, -0.2) is 96.7 Å². The third kappa shape index (κ3) is 66.2. The zero-order valence-electron chi connectivity index (χ0n) is 59.5.